The number of aromatic nitrogens is 2. The monoisotopic (exact) mass is 236 g/mol. The number of hydrogen-bond acceptors (Lipinski definition) is 3. The lowest BCUT2D eigenvalue weighted by molar-refractivity contribution is 0.237. The zero-order chi connectivity index (χ0) is 11.9. The fourth-order valence-electron chi connectivity index (χ4n) is 2.46. The van der Waals surface area contributed by atoms with E-state index in [2.05, 4.69) is 20.6 Å². The van der Waals surface area contributed by atoms with E-state index in [0.29, 0.717) is 6.54 Å². The summed E-state index contributed by atoms with van der Waals surface area (Å²) < 4.78 is 2.08. The van der Waals surface area contributed by atoms with Crippen molar-refractivity contribution >= 4 is 0 Å². The van der Waals surface area contributed by atoms with Crippen LogP contribution in [0.3, 0.4) is 0 Å². The zero-order valence-corrected chi connectivity index (χ0v) is 10.6. The Morgan fingerprint density at radius 1 is 1.12 bits per heavy atom. The molecule has 2 N–H and O–H groups in total. The number of nitrogens with zero attached hydrogens (tertiary/aromatic N) is 3. The zero-order valence-electron chi connectivity index (χ0n) is 10.6. The van der Waals surface area contributed by atoms with Crippen LogP contribution >= 0.6 is 0 Å². The highest BCUT2D eigenvalue weighted by Crippen LogP contribution is 2.12. The van der Waals surface area contributed by atoms with Gasteiger partial charge < -0.3 is 10.3 Å². The maximum Gasteiger partial charge on any atom is 0.0950 e. The number of imidazole rings is 1. The fourth-order valence-corrected chi connectivity index (χ4v) is 2.46. The van der Waals surface area contributed by atoms with Crippen molar-refractivity contribution in [2.75, 3.05) is 19.6 Å². The van der Waals surface area contributed by atoms with E-state index < -0.39 is 0 Å². The van der Waals surface area contributed by atoms with Crippen molar-refractivity contribution in [1.29, 1.82) is 0 Å². The van der Waals surface area contributed by atoms with Gasteiger partial charge in [0.15, 0.2) is 0 Å². The third-order valence-corrected chi connectivity index (χ3v) is 3.41. The summed E-state index contributed by atoms with van der Waals surface area (Å²) >= 11 is 0. The summed E-state index contributed by atoms with van der Waals surface area (Å²) in [6.45, 7) is 5.00. The molecule has 1 fully saturated rings. The molecule has 0 radical (unpaired) electrons. The first kappa shape index (κ1) is 12.6. The van der Waals surface area contributed by atoms with Crippen LogP contribution in [0, 0.1) is 0 Å². The summed E-state index contributed by atoms with van der Waals surface area (Å²) in [5, 5.41) is 0. The second-order valence-electron chi connectivity index (χ2n) is 4.94. The second kappa shape index (κ2) is 6.77. The van der Waals surface area contributed by atoms with Crippen LogP contribution in [0.25, 0.3) is 0 Å². The molecule has 0 unspecified atom stereocenters. The molecule has 4 heteroatoms. The molecule has 0 atom stereocenters. The van der Waals surface area contributed by atoms with Crippen LogP contribution in [0.1, 0.15) is 37.8 Å². The molecule has 1 saturated heterocycles. The first-order valence-electron chi connectivity index (χ1n) is 6.81. The molecule has 2 rings (SSSR count). The van der Waals surface area contributed by atoms with Crippen LogP contribution in [-0.4, -0.2) is 34.1 Å². The number of likely N-dealkylation sites (tertiary alicyclic amines) is 1. The predicted octanol–water partition coefficient (Wildman–Crippen LogP) is 1.61. The van der Waals surface area contributed by atoms with Crippen molar-refractivity contribution in [3.8, 4) is 0 Å². The predicted molar refractivity (Wildman–Crippen MR) is 69.6 cm³/mol. The van der Waals surface area contributed by atoms with Gasteiger partial charge in [0.25, 0.3) is 0 Å². The molecule has 4 nitrogen and oxygen atoms in total. The van der Waals surface area contributed by atoms with E-state index in [9.17, 15) is 0 Å². The maximum absolute atomic E-state index is 5.53. The Kier molecular flexibility index (Phi) is 5.01. The highest BCUT2D eigenvalue weighted by atomic mass is 15.1. The molecule has 1 aromatic heterocycles. The van der Waals surface area contributed by atoms with Gasteiger partial charge in [-0.25, -0.2) is 4.98 Å². The van der Waals surface area contributed by atoms with Crippen LogP contribution < -0.4 is 5.73 Å². The summed E-state index contributed by atoms with van der Waals surface area (Å²) in [5.41, 5.74) is 6.71. The summed E-state index contributed by atoms with van der Waals surface area (Å²) in [4.78, 5) is 6.98. The van der Waals surface area contributed by atoms with Gasteiger partial charge in [0.2, 0.25) is 0 Å². The molecular weight excluding hydrogens is 212 g/mol. The Morgan fingerprint density at radius 3 is 2.53 bits per heavy atom. The maximum atomic E-state index is 5.53. The van der Waals surface area contributed by atoms with Gasteiger partial charge in [0.1, 0.15) is 0 Å². The molecule has 96 valence electrons. The lowest BCUT2D eigenvalue weighted by Gasteiger charge is -2.23. The Labute approximate surface area is 104 Å². The Morgan fingerprint density at radius 2 is 1.82 bits per heavy atom. The quantitative estimate of drug-likeness (QED) is 0.864. The minimum atomic E-state index is 0.680. The van der Waals surface area contributed by atoms with E-state index in [1.54, 1.807) is 0 Å². The van der Waals surface area contributed by atoms with Gasteiger partial charge in [-0.15, -0.1) is 0 Å². The summed E-state index contributed by atoms with van der Waals surface area (Å²) in [5.74, 6) is 0. The Hall–Kier alpha value is -0.870. The highest BCUT2D eigenvalue weighted by molar-refractivity contribution is 4.96. The van der Waals surface area contributed by atoms with E-state index in [0.717, 1.165) is 13.1 Å². The van der Waals surface area contributed by atoms with E-state index in [4.69, 9.17) is 5.73 Å². The molecule has 0 spiro atoms. The number of hydrogen-bond donors (Lipinski definition) is 1. The van der Waals surface area contributed by atoms with Crippen molar-refractivity contribution in [3.05, 3.63) is 18.2 Å². The van der Waals surface area contributed by atoms with Crippen molar-refractivity contribution in [1.82, 2.24) is 14.5 Å². The molecular formula is C13H24N4. The third-order valence-electron chi connectivity index (χ3n) is 3.41. The summed E-state index contributed by atoms with van der Waals surface area (Å²) in [6.07, 6.45) is 10.9. The van der Waals surface area contributed by atoms with Gasteiger partial charge >= 0.3 is 0 Å². The first-order valence-corrected chi connectivity index (χ1v) is 6.81. The van der Waals surface area contributed by atoms with Gasteiger partial charge in [-0.3, -0.25) is 4.90 Å². The molecule has 1 aliphatic rings. The van der Waals surface area contributed by atoms with E-state index in [-0.39, 0.29) is 0 Å². The molecule has 0 bridgehead atoms. The average Bonchev–Trinajstić information content (AvgIpc) is 2.70. The Bertz CT molecular complexity index is 313. The smallest absolute Gasteiger partial charge is 0.0950 e. The summed E-state index contributed by atoms with van der Waals surface area (Å²) in [7, 11) is 0. The van der Waals surface area contributed by atoms with Gasteiger partial charge in [0, 0.05) is 25.8 Å². The number of nitrogens with two attached hydrogens (primary N) is 1. The lowest BCUT2D eigenvalue weighted by Crippen LogP contribution is -2.27. The van der Waals surface area contributed by atoms with Crippen molar-refractivity contribution in [2.45, 2.75) is 45.2 Å². The van der Waals surface area contributed by atoms with Crippen LogP contribution in [0.4, 0.5) is 0 Å². The molecule has 0 aromatic carbocycles. The van der Waals surface area contributed by atoms with Gasteiger partial charge in [-0.2, -0.15) is 0 Å². The minimum Gasteiger partial charge on any atom is -0.336 e. The van der Waals surface area contributed by atoms with E-state index in [1.807, 2.05) is 6.33 Å². The van der Waals surface area contributed by atoms with Crippen LogP contribution in [0.5, 0.6) is 0 Å². The Balaban J connectivity index is 1.84. The molecule has 17 heavy (non-hydrogen) atoms. The number of rotatable bonds is 4. The van der Waals surface area contributed by atoms with Crippen molar-refractivity contribution in [3.63, 3.8) is 0 Å². The third kappa shape index (κ3) is 4.13. The average molecular weight is 236 g/mol. The minimum absolute atomic E-state index is 0.680. The van der Waals surface area contributed by atoms with Gasteiger partial charge in [-0.05, 0) is 25.9 Å². The van der Waals surface area contributed by atoms with Gasteiger partial charge in [-0.1, -0.05) is 19.3 Å². The van der Waals surface area contributed by atoms with Crippen molar-refractivity contribution < 1.29 is 0 Å². The second-order valence-corrected chi connectivity index (χ2v) is 4.94. The van der Waals surface area contributed by atoms with Crippen molar-refractivity contribution in [2.24, 2.45) is 5.73 Å². The molecule has 0 aliphatic carbocycles. The molecule has 1 aliphatic heterocycles. The normalized spacial score (nSPS) is 18.9. The first-order chi connectivity index (χ1) is 8.38. The lowest BCUT2D eigenvalue weighted by atomic mass is 10.1. The van der Waals surface area contributed by atoms with Gasteiger partial charge in [0.05, 0.1) is 12.0 Å². The molecule has 0 saturated carbocycles. The summed E-state index contributed by atoms with van der Waals surface area (Å²) in [6, 6.07) is 0. The topological polar surface area (TPSA) is 47.1 Å². The van der Waals surface area contributed by atoms with Crippen LogP contribution in [-0.2, 0) is 13.1 Å². The largest absolute Gasteiger partial charge is 0.336 e. The van der Waals surface area contributed by atoms with E-state index >= 15 is 0 Å². The molecule has 2 heterocycles. The highest BCUT2D eigenvalue weighted by Gasteiger charge is 2.09. The molecule has 0 amide bonds. The standard InChI is InChI=1S/C13H24N4/c14-6-9-17-11-13(15-12-17)10-16-7-4-2-1-3-5-8-16/h11-12H,1-10,14H2. The molecule has 1 aromatic rings. The van der Waals surface area contributed by atoms with Crippen LogP contribution in [0.2, 0.25) is 0 Å². The van der Waals surface area contributed by atoms with Crippen LogP contribution in [0.15, 0.2) is 12.5 Å². The van der Waals surface area contributed by atoms with E-state index in [1.165, 1.54) is 50.9 Å². The fraction of sp³-hybridized carbons (Fsp3) is 0.769. The SMILES string of the molecule is NCCn1cnc(CN2CCCCCCC2)c1.